The molecule has 0 aliphatic carbocycles. The molecule has 1 unspecified atom stereocenters. The number of hydrogen-bond acceptors (Lipinski definition) is 7. The average molecular weight is 519 g/mol. The van der Waals surface area contributed by atoms with Gasteiger partial charge in [0, 0.05) is 17.8 Å². The summed E-state index contributed by atoms with van der Waals surface area (Å²) >= 11 is 0. The zero-order valence-electron chi connectivity index (χ0n) is 21.8. The van der Waals surface area contributed by atoms with Crippen LogP contribution in [0, 0.1) is 0 Å². The lowest BCUT2D eigenvalue weighted by atomic mass is 10.00. The van der Waals surface area contributed by atoms with E-state index in [-0.39, 0.29) is 24.8 Å². The number of carbonyl (C=O) groups excluding carboxylic acids is 3. The number of benzene rings is 3. The molecule has 38 heavy (non-hydrogen) atoms. The minimum Gasteiger partial charge on any atom is -0.493 e. The summed E-state index contributed by atoms with van der Waals surface area (Å²) in [5.41, 5.74) is 2.91. The van der Waals surface area contributed by atoms with Crippen LogP contribution in [0.5, 0.6) is 17.2 Å². The van der Waals surface area contributed by atoms with Crippen molar-refractivity contribution in [2.24, 2.45) is 0 Å². The van der Waals surface area contributed by atoms with E-state index in [1.54, 1.807) is 54.3 Å². The summed E-state index contributed by atoms with van der Waals surface area (Å²) in [4.78, 5) is 40.5. The number of nitrogens with one attached hydrogen (secondary N) is 1. The highest BCUT2D eigenvalue weighted by atomic mass is 16.5. The van der Waals surface area contributed by atoms with Gasteiger partial charge in [-0.15, -0.1) is 0 Å². The molecule has 0 aromatic heterocycles. The lowest BCUT2D eigenvalue weighted by Gasteiger charge is -2.29. The van der Waals surface area contributed by atoms with Crippen molar-refractivity contribution in [2.75, 3.05) is 33.3 Å². The first kappa shape index (κ1) is 26.5. The second kappa shape index (κ2) is 11.7. The van der Waals surface area contributed by atoms with Crippen LogP contribution in [0.15, 0.2) is 60.7 Å². The van der Waals surface area contributed by atoms with Gasteiger partial charge in [-0.25, -0.2) is 4.79 Å². The molecule has 2 amide bonds. The fourth-order valence-corrected chi connectivity index (χ4v) is 4.56. The maximum Gasteiger partial charge on any atom is 0.338 e. The number of nitrogens with zero attached hydrogens (tertiary/aromatic N) is 1. The number of amides is 2. The number of fused-ring (bicyclic) bond motifs is 1. The van der Waals surface area contributed by atoms with Crippen LogP contribution >= 0.6 is 0 Å². The molecule has 0 saturated heterocycles. The number of ether oxygens (including phenoxy) is 4. The standard InChI is InChI=1S/C29H30N2O7/c1-5-38-29(34)18-10-8-11-21(13-18)30-26(32)16-23(31-17-19-9-6-7-12-22(19)28(31)33)20-14-24(35-2)27(37-4)25(15-20)36-3/h6-15,23H,5,16-17H2,1-4H3,(H,30,32). The predicted molar refractivity (Wildman–Crippen MR) is 141 cm³/mol. The van der Waals surface area contributed by atoms with Gasteiger partial charge in [0.1, 0.15) is 0 Å². The molecule has 9 nitrogen and oxygen atoms in total. The quantitative estimate of drug-likeness (QED) is 0.391. The van der Waals surface area contributed by atoms with E-state index in [0.29, 0.717) is 46.2 Å². The normalized spacial score (nSPS) is 12.9. The molecule has 3 aromatic rings. The molecule has 9 heteroatoms. The second-order valence-electron chi connectivity index (χ2n) is 8.62. The molecule has 1 aliphatic heterocycles. The van der Waals surface area contributed by atoms with E-state index < -0.39 is 12.0 Å². The van der Waals surface area contributed by atoms with Gasteiger partial charge in [0.15, 0.2) is 11.5 Å². The summed E-state index contributed by atoms with van der Waals surface area (Å²) in [6, 6.07) is 16.8. The van der Waals surface area contributed by atoms with Gasteiger partial charge in [-0.3, -0.25) is 9.59 Å². The smallest absolute Gasteiger partial charge is 0.338 e. The molecule has 0 saturated carbocycles. The Balaban J connectivity index is 1.67. The van der Waals surface area contributed by atoms with Crippen molar-refractivity contribution >= 4 is 23.5 Å². The van der Waals surface area contributed by atoms with Crippen LogP contribution < -0.4 is 19.5 Å². The Bertz CT molecular complexity index is 1330. The maximum atomic E-state index is 13.4. The number of methoxy groups -OCH3 is 3. The summed E-state index contributed by atoms with van der Waals surface area (Å²) in [6.07, 6.45) is -0.0536. The number of carbonyl (C=O) groups is 3. The molecule has 1 N–H and O–H groups in total. The van der Waals surface area contributed by atoms with Crippen LogP contribution in [0.3, 0.4) is 0 Å². The van der Waals surface area contributed by atoms with Gasteiger partial charge >= 0.3 is 5.97 Å². The van der Waals surface area contributed by atoms with Crippen molar-refractivity contribution in [1.29, 1.82) is 0 Å². The van der Waals surface area contributed by atoms with E-state index in [2.05, 4.69) is 5.32 Å². The molecule has 1 aliphatic rings. The van der Waals surface area contributed by atoms with Crippen molar-refractivity contribution in [3.8, 4) is 17.2 Å². The minimum absolute atomic E-state index is 0.0536. The van der Waals surface area contributed by atoms with Gasteiger partial charge in [-0.05, 0) is 54.4 Å². The maximum absolute atomic E-state index is 13.4. The first-order valence-corrected chi connectivity index (χ1v) is 12.2. The zero-order chi connectivity index (χ0) is 27.2. The largest absolute Gasteiger partial charge is 0.493 e. The summed E-state index contributed by atoms with van der Waals surface area (Å²) in [5.74, 6) is 0.259. The third kappa shape index (κ3) is 5.41. The molecule has 0 fully saturated rings. The van der Waals surface area contributed by atoms with E-state index in [1.807, 2.05) is 18.2 Å². The highest BCUT2D eigenvalue weighted by Gasteiger charge is 2.35. The summed E-state index contributed by atoms with van der Waals surface area (Å²) in [6.45, 7) is 2.32. The minimum atomic E-state index is -0.642. The molecule has 0 radical (unpaired) electrons. The summed E-state index contributed by atoms with van der Waals surface area (Å²) in [7, 11) is 4.53. The van der Waals surface area contributed by atoms with Crippen LogP contribution in [-0.2, 0) is 16.1 Å². The molecular formula is C29H30N2O7. The Morgan fingerprint density at radius 3 is 2.29 bits per heavy atom. The lowest BCUT2D eigenvalue weighted by Crippen LogP contribution is -2.32. The van der Waals surface area contributed by atoms with Crippen LogP contribution in [0.25, 0.3) is 0 Å². The van der Waals surface area contributed by atoms with E-state index >= 15 is 0 Å². The monoisotopic (exact) mass is 518 g/mol. The SMILES string of the molecule is CCOC(=O)c1cccc(NC(=O)CC(c2cc(OC)c(OC)c(OC)c2)N2Cc3ccccc3C2=O)c1. The van der Waals surface area contributed by atoms with Crippen molar-refractivity contribution in [3.05, 3.63) is 82.9 Å². The highest BCUT2D eigenvalue weighted by molar-refractivity contribution is 5.99. The Kier molecular flexibility index (Phi) is 8.15. The van der Waals surface area contributed by atoms with Crippen molar-refractivity contribution in [3.63, 3.8) is 0 Å². The van der Waals surface area contributed by atoms with Crippen molar-refractivity contribution < 1.29 is 33.3 Å². The third-order valence-corrected chi connectivity index (χ3v) is 6.33. The van der Waals surface area contributed by atoms with Gasteiger partial charge in [0.25, 0.3) is 5.91 Å². The highest BCUT2D eigenvalue weighted by Crippen LogP contribution is 2.43. The molecule has 198 valence electrons. The van der Waals surface area contributed by atoms with E-state index in [0.717, 1.165) is 5.56 Å². The second-order valence-corrected chi connectivity index (χ2v) is 8.62. The predicted octanol–water partition coefficient (Wildman–Crippen LogP) is 4.62. The fraction of sp³-hybridized carbons (Fsp3) is 0.276. The van der Waals surface area contributed by atoms with E-state index in [4.69, 9.17) is 18.9 Å². The van der Waals surface area contributed by atoms with Crippen LogP contribution in [0.4, 0.5) is 5.69 Å². The van der Waals surface area contributed by atoms with Crippen LogP contribution in [-0.4, -0.2) is 50.6 Å². The third-order valence-electron chi connectivity index (χ3n) is 6.33. The van der Waals surface area contributed by atoms with E-state index in [9.17, 15) is 14.4 Å². The number of anilines is 1. The van der Waals surface area contributed by atoms with Gasteiger partial charge < -0.3 is 29.2 Å². The van der Waals surface area contributed by atoms with Crippen molar-refractivity contribution in [2.45, 2.75) is 25.9 Å². The Morgan fingerprint density at radius 2 is 1.66 bits per heavy atom. The number of esters is 1. The molecule has 4 rings (SSSR count). The van der Waals surface area contributed by atoms with Crippen LogP contribution in [0.1, 0.15) is 51.2 Å². The Hall–Kier alpha value is -4.53. The first-order valence-electron chi connectivity index (χ1n) is 12.2. The van der Waals surface area contributed by atoms with Crippen LogP contribution in [0.2, 0.25) is 0 Å². The summed E-state index contributed by atoms with van der Waals surface area (Å²) < 4.78 is 21.6. The molecule has 1 atom stereocenters. The lowest BCUT2D eigenvalue weighted by molar-refractivity contribution is -0.117. The van der Waals surface area contributed by atoms with Gasteiger partial charge in [-0.2, -0.15) is 0 Å². The average Bonchev–Trinajstić information content (AvgIpc) is 3.27. The topological polar surface area (TPSA) is 103 Å². The van der Waals surface area contributed by atoms with Crippen molar-refractivity contribution in [1.82, 2.24) is 4.90 Å². The molecule has 0 spiro atoms. The van der Waals surface area contributed by atoms with Gasteiger partial charge in [-0.1, -0.05) is 24.3 Å². The number of hydrogen-bond donors (Lipinski definition) is 1. The van der Waals surface area contributed by atoms with Gasteiger partial charge in [0.05, 0.1) is 46.0 Å². The molecule has 3 aromatic carbocycles. The zero-order valence-corrected chi connectivity index (χ0v) is 21.8. The number of rotatable bonds is 10. The summed E-state index contributed by atoms with van der Waals surface area (Å²) in [5, 5.41) is 2.85. The molecule has 0 bridgehead atoms. The van der Waals surface area contributed by atoms with E-state index in [1.165, 1.54) is 21.3 Å². The fourth-order valence-electron chi connectivity index (χ4n) is 4.56. The molecular weight excluding hydrogens is 488 g/mol. The Morgan fingerprint density at radius 1 is 0.947 bits per heavy atom. The Labute approximate surface area is 221 Å². The molecule has 1 heterocycles. The first-order chi connectivity index (χ1) is 18.4. The van der Waals surface area contributed by atoms with Gasteiger partial charge in [0.2, 0.25) is 11.7 Å².